The number of hydrogen-bond acceptors (Lipinski definition) is 5. The summed E-state index contributed by atoms with van der Waals surface area (Å²) in [4.78, 5) is 4.41. The standard InChI is InChI=1S/C13H16BrN3O2/c1-15-9(8-18-2)7-12-16-13(17-19-12)10-5-3-4-6-11(10)14/h3-6,9,15H,7-8H2,1-2H3. The van der Waals surface area contributed by atoms with Crippen molar-refractivity contribution in [2.24, 2.45) is 0 Å². The zero-order valence-corrected chi connectivity index (χ0v) is 12.5. The molecule has 0 aliphatic rings. The van der Waals surface area contributed by atoms with Gasteiger partial charge in [-0.15, -0.1) is 0 Å². The Labute approximate surface area is 120 Å². The van der Waals surface area contributed by atoms with E-state index in [1.165, 1.54) is 0 Å². The van der Waals surface area contributed by atoms with Gasteiger partial charge >= 0.3 is 0 Å². The molecule has 2 rings (SSSR count). The minimum absolute atomic E-state index is 0.164. The van der Waals surface area contributed by atoms with Gasteiger partial charge in [-0.2, -0.15) is 4.98 Å². The van der Waals surface area contributed by atoms with Crippen LogP contribution in [0.5, 0.6) is 0 Å². The molecule has 1 aromatic heterocycles. The molecular weight excluding hydrogens is 310 g/mol. The summed E-state index contributed by atoms with van der Waals surface area (Å²) in [7, 11) is 3.55. The second-order valence-electron chi connectivity index (χ2n) is 4.14. The molecule has 0 saturated heterocycles. The quantitative estimate of drug-likeness (QED) is 0.882. The highest BCUT2D eigenvalue weighted by atomic mass is 79.9. The summed E-state index contributed by atoms with van der Waals surface area (Å²) in [5.41, 5.74) is 0.922. The summed E-state index contributed by atoms with van der Waals surface area (Å²) in [6.07, 6.45) is 0.641. The van der Waals surface area contributed by atoms with Gasteiger partial charge in [0.25, 0.3) is 0 Å². The van der Waals surface area contributed by atoms with Gasteiger partial charge in [-0.05, 0) is 19.2 Å². The van der Waals surface area contributed by atoms with Crippen molar-refractivity contribution in [3.63, 3.8) is 0 Å². The molecule has 6 heteroatoms. The van der Waals surface area contributed by atoms with Gasteiger partial charge in [-0.25, -0.2) is 0 Å². The molecule has 0 bridgehead atoms. The number of methoxy groups -OCH3 is 1. The SMILES string of the molecule is CNC(COC)Cc1nc(-c2ccccc2Br)no1. The zero-order valence-electron chi connectivity index (χ0n) is 10.9. The number of ether oxygens (including phenoxy) is 1. The molecule has 0 aliphatic heterocycles. The van der Waals surface area contributed by atoms with Gasteiger partial charge in [0.05, 0.1) is 6.61 Å². The predicted octanol–water partition coefficient (Wildman–Crippen LogP) is 2.28. The van der Waals surface area contributed by atoms with E-state index in [-0.39, 0.29) is 6.04 Å². The minimum Gasteiger partial charge on any atom is -0.383 e. The fourth-order valence-electron chi connectivity index (χ4n) is 1.75. The summed E-state index contributed by atoms with van der Waals surface area (Å²) >= 11 is 3.48. The van der Waals surface area contributed by atoms with Crippen LogP contribution in [-0.2, 0) is 11.2 Å². The van der Waals surface area contributed by atoms with Crippen molar-refractivity contribution in [2.75, 3.05) is 20.8 Å². The highest BCUT2D eigenvalue weighted by molar-refractivity contribution is 9.10. The average molecular weight is 326 g/mol. The van der Waals surface area contributed by atoms with Crippen LogP contribution in [-0.4, -0.2) is 36.9 Å². The van der Waals surface area contributed by atoms with Gasteiger partial charge in [-0.1, -0.05) is 33.2 Å². The highest BCUT2D eigenvalue weighted by Gasteiger charge is 2.15. The Morgan fingerprint density at radius 3 is 2.89 bits per heavy atom. The molecule has 0 radical (unpaired) electrons. The Morgan fingerprint density at radius 1 is 1.42 bits per heavy atom. The molecule has 0 amide bonds. The van der Waals surface area contributed by atoms with E-state index in [9.17, 15) is 0 Å². The first-order valence-electron chi connectivity index (χ1n) is 5.98. The van der Waals surface area contributed by atoms with Gasteiger partial charge in [0, 0.05) is 29.6 Å². The number of rotatable bonds is 6. The topological polar surface area (TPSA) is 60.2 Å². The summed E-state index contributed by atoms with van der Waals surface area (Å²) in [5.74, 6) is 1.19. The zero-order chi connectivity index (χ0) is 13.7. The summed E-state index contributed by atoms with van der Waals surface area (Å²) in [6.45, 7) is 0.600. The van der Waals surface area contributed by atoms with Crippen LogP contribution in [0.1, 0.15) is 5.89 Å². The van der Waals surface area contributed by atoms with Crippen molar-refractivity contribution in [1.82, 2.24) is 15.5 Å². The van der Waals surface area contributed by atoms with Crippen LogP contribution in [0, 0.1) is 0 Å². The van der Waals surface area contributed by atoms with E-state index < -0.39 is 0 Å². The summed E-state index contributed by atoms with van der Waals surface area (Å²) in [6, 6.07) is 7.95. The van der Waals surface area contributed by atoms with Crippen LogP contribution in [0.4, 0.5) is 0 Å². The molecule has 0 aliphatic carbocycles. The maximum Gasteiger partial charge on any atom is 0.228 e. The number of likely N-dealkylation sites (N-methyl/N-ethyl adjacent to an activating group) is 1. The van der Waals surface area contributed by atoms with E-state index in [2.05, 4.69) is 31.4 Å². The van der Waals surface area contributed by atoms with Crippen molar-refractivity contribution < 1.29 is 9.26 Å². The lowest BCUT2D eigenvalue weighted by atomic mass is 10.2. The van der Waals surface area contributed by atoms with Crippen molar-refractivity contribution in [3.05, 3.63) is 34.6 Å². The molecule has 1 atom stereocenters. The summed E-state index contributed by atoms with van der Waals surface area (Å²) in [5, 5.41) is 7.16. The number of nitrogens with zero attached hydrogens (tertiary/aromatic N) is 2. The molecule has 1 N–H and O–H groups in total. The van der Waals surface area contributed by atoms with Gasteiger partial charge in [0.15, 0.2) is 0 Å². The van der Waals surface area contributed by atoms with Gasteiger partial charge in [0.2, 0.25) is 11.7 Å². The van der Waals surface area contributed by atoms with E-state index in [0.717, 1.165) is 10.0 Å². The Morgan fingerprint density at radius 2 is 2.21 bits per heavy atom. The van der Waals surface area contributed by atoms with Crippen molar-refractivity contribution in [3.8, 4) is 11.4 Å². The lowest BCUT2D eigenvalue weighted by Crippen LogP contribution is -2.32. The highest BCUT2D eigenvalue weighted by Crippen LogP contribution is 2.25. The minimum atomic E-state index is 0.164. The molecule has 5 nitrogen and oxygen atoms in total. The Bertz CT molecular complexity index is 530. The predicted molar refractivity (Wildman–Crippen MR) is 75.9 cm³/mol. The first-order valence-corrected chi connectivity index (χ1v) is 6.77. The first kappa shape index (κ1) is 14.2. The Balaban J connectivity index is 2.13. The maximum atomic E-state index is 5.28. The second kappa shape index (κ2) is 6.79. The van der Waals surface area contributed by atoms with Crippen molar-refractivity contribution in [1.29, 1.82) is 0 Å². The van der Waals surface area contributed by atoms with Crippen LogP contribution in [0.25, 0.3) is 11.4 Å². The maximum absolute atomic E-state index is 5.28. The number of hydrogen-bond donors (Lipinski definition) is 1. The lowest BCUT2D eigenvalue weighted by molar-refractivity contribution is 0.165. The molecular formula is C13H16BrN3O2. The largest absolute Gasteiger partial charge is 0.383 e. The molecule has 102 valence electrons. The smallest absolute Gasteiger partial charge is 0.228 e. The van der Waals surface area contributed by atoms with Crippen LogP contribution < -0.4 is 5.32 Å². The molecule has 2 aromatic rings. The third-order valence-electron chi connectivity index (χ3n) is 2.78. The van der Waals surface area contributed by atoms with E-state index >= 15 is 0 Å². The third-order valence-corrected chi connectivity index (χ3v) is 3.47. The van der Waals surface area contributed by atoms with Crippen LogP contribution in [0.3, 0.4) is 0 Å². The molecule has 1 unspecified atom stereocenters. The van der Waals surface area contributed by atoms with E-state index in [1.54, 1.807) is 7.11 Å². The van der Waals surface area contributed by atoms with Crippen LogP contribution in [0.2, 0.25) is 0 Å². The second-order valence-corrected chi connectivity index (χ2v) is 4.99. The fourth-order valence-corrected chi connectivity index (χ4v) is 2.21. The van der Waals surface area contributed by atoms with Crippen LogP contribution >= 0.6 is 15.9 Å². The van der Waals surface area contributed by atoms with Gasteiger partial charge in [-0.3, -0.25) is 0 Å². The molecule has 1 heterocycles. The normalized spacial score (nSPS) is 12.6. The van der Waals surface area contributed by atoms with Crippen molar-refractivity contribution >= 4 is 15.9 Å². The van der Waals surface area contributed by atoms with Gasteiger partial charge < -0.3 is 14.6 Å². The Hall–Kier alpha value is -1.24. The van der Waals surface area contributed by atoms with Gasteiger partial charge in [0.1, 0.15) is 0 Å². The molecule has 0 fully saturated rings. The van der Waals surface area contributed by atoms with Crippen LogP contribution in [0.15, 0.2) is 33.3 Å². The van der Waals surface area contributed by atoms with Crippen molar-refractivity contribution in [2.45, 2.75) is 12.5 Å². The number of nitrogens with one attached hydrogen (secondary N) is 1. The fraction of sp³-hybridized carbons (Fsp3) is 0.385. The molecule has 19 heavy (non-hydrogen) atoms. The number of halogens is 1. The van der Waals surface area contributed by atoms with E-state index in [1.807, 2.05) is 31.3 Å². The molecule has 0 saturated carbocycles. The van der Waals surface area contributed by atoms with E-state index in [0.29, 0.717) is 24.7 Å². The first-order chi connectivity index (χ1) is 9.24. The average Bonchev–Trinajstić information content (AvgIpc) is 2.87. The molecule has 1 aromatic carbocycles. The monoisotopic (exact) mass is 325 g/mol. The third kappa shape index (κ3) is 3.62. The lowest BCUT2D eigenvalue weighted by Gasteiger charge is -2.11. The van der Waals surface area contributed by atoms with E-state index in [4.69, 9.17) is 9.26 Å². The molecule has 0 spiro atoms. The Kier molecular flexibility index (Phi) is 5.07. The number of benzene rings is 1. The number of aromatic nitrogens is 2. The summed E-state index contributed by atoms with van der Waals surface area (Å²) < 4.78 is 11.3.